The van der Waals surface area contributed by atoms with Crippen molar-refractivity contribution in [2.75, 3.05) is 38.3 Å². The molecule has 4 nitrogen and oxygen atoms in total. The Kier molecular flexibility index (Phi) is 9.31. The maximum atomic E-state index is 10.9. The number of alkyl halides is 1. The van der Waals surface area contributed by atoms with Crippen LogP contribution < -0.4 is 5.32 Å². The van der Waals surface area contributed by atoms with Crippen LogP contribution in [0.5, 0.6) is 0 Å². The molecule has 1 N–H and O–H groups in total. The summed E-state index contributed by atoms with van der Waals surface area (Å²) >= 11 is 5.38. The maximum absolute atomic E-state index is 10.9. The molecule has 0 amide bonds. The zero-order chi connectivity index (χ0) is 12.4. The van der Waals surface area contributed by atoms with Gasteiger partial charge >= 0.3 is 0 Å². The quantitative estimate of drug-likeness (QED) is 0.618. The summed E-state index contributed by atoms with van der Waals surface area (Å²) in [7, 11) is -2.93. The van der Waals surface area contributed by atoms with Gasteiger partial charge in [0.1, 0.15) is 0 Å². The van der Waals surface area contributed by atoms with Gasteiger partial charge in [-0.05, 0) is 6.42 Å². The first kappa shape index (κ1) is 16.2. The average molecular weight is 271 g/mol. The molecule has 98 valence electrons. The molecule has 0 unspecified atom stereocenters. The molecule has 0 aliphatic carbocycles. The zero-order valence-corrected chi connectivity index (χ0v) is 11.8. The lowest BCUT2D eigenvalue weighted by atomic mass is 10.3. The molecule has 1 aliphatic rings. The number of halogens is 1. The molecule has 6 heteroatoms. The first-order valence-electron chi connectivity index (χ1n) is 5.74. The van der Waals surface area contributed by atoms with Crippen molar-refractivity contribution in [3.05, 3.63) is 0 Å². The van der Waals surface area contributed by atoms with E-state index in [0.29, 0.717) is 13.1 Å². The van der Waals surface area contributed by atoms with Crippen LogP contribution in [0.4, 0.5) is 0 Å². The molecule has 16 heavy (non-hydrogen) atoms. The molecule has 0 aromatic heterocycles. The van der Waals surface area contributed by atoms with Gasteiger partial charge in [-0.2, -0.15) is 4.31 Å². The third-order valence-electron chi connectivity index (χ3n) is 2.28. The summed E-state index contributed by atoms with van der Waals surface area (Å²) in [6.07, 6.45) is 4.98. The van der Waals surface area contributed by atoms with Crippen LogP contribution in [0, 0.1) is 0 Å². The zero-order valence-electron chi connectivity index (χ0n) is 10.2. The van der Waals surface area contributed by atoms with Gasteiger partial charge in [0.05, 0.1) is 6.26 Å². The van der Waals surface area contributed by atoms with Gasteiger partial charge in [-0.3, -0.25) is 0 Å². The monoisotopic (exact) mass is 270 g/mol. The van der Waals surface area contributed by atoms with E-state index in [1.807, 2.05) is 0 Å². The van der Waals surface area contributed by atoms with Crippen LogP contribution in [0.25, 0.3) is 0 Å². The largest absolute Gasteiger partial charge is 0.314 e. The van der Waals surface area contributed by atoms with Crippen LogP contribution in [0.3, 0.4) is 0 Å². The van der Waals surface area contributed by atoms with Gasteiger partial charge in [-0.25, -0.2) is 8.42 Å². The lowest BCUT2D eigenvalue weighted by Gasteiger charge is -2.24. The molecule has 0 aromatic rings. The summed E-state index contributed by atoms with van der Waals surface area (Å²) < 4.78 is 23.3. The van der Waals surface area contributed by atoms with Crippen LogP contribution in [0.1, 0.15) is 26.2 Å². The molecule has 1 aliphatic heterocycles. The van der Waals surface area contributed by atoms with Crippen molar-refractivity contribution in [3.8, 4) is 0 Å². The number of rotatable bonds is 4. The summed E-state index contributed by atoms with van der Waals surface area (Å²) in [5.41, 5.74) is 0. The van der Waals surface area contributed by atoms with Crippen LogP contribution >= 0.6 is 11.6 Å². The van der Waals surface area contributed by atoms with Crippen molar-refractivity contribution in [2.45, 2.75) is 26.2 Å². The van der Waals surface area contributed by atoms with E-state index in [0.717, 1.165) is 19.0 Å². The van der Waals surface area contributed by atoms with Crippen molar-refractivity contribution in [3.63, 3.8) is 0 Å². The van der Waals surface area contributed by atoms with Crippen molar-refractivity contribution < 1.29 is 8.42 Å². The minimum Gasteiger partial charge on any atom is -0.314 e. The highest BCUT2D eigenvalue weighted by atomic mass is 35.5. The molecule has 0 aromatic carbocycles. The minimum absolute atomic E-state index is 0.610. The Labute approximate surface area is 104 Å². The number of hydrogen-bond acceptors (Lipinski definition) is 3. The lowest BCUT2D eigenvalue weighted by molar-refractivity contribution is 0.363. The predicted octanol–water partition coefficient (Wildman–Crippen LogP) is 1.27. The fourth-order valence-corrected chi connectivity index (χ4v) is 2.36. The lowest BCUT2D eigenvalue weighted by Crippen LogP contribution is -2.45. The Morgan fingerprint density at radius 2 is 1.81 bits per heavy atom. The molecule has 0 saturated carbocycles. The number of hydrogen-bond donors (Lipinski definition) is 1. The Hall–Kier alpha value is 0.160. The SMILES string of the molecule is CCCCCCl.CS(=O)(=O)N1CCNCC1. The predicted molar refractivity (Wildman–Crippen MR) is 69.5 cm³/mol. The van der Waals surface area contributed by atoms with Crippen LogP contribution in [-0.2, 0) is 10.0 Å². The van der Waals surface area contributed by atoms with E-state index in [4.69, 9.17) is 11.6 Å². The molecule has 0 bridgehead atoms. The molecular weight excluding hydrogens is 248 g/mol. The molecule has 1 heterocycles. The Morgan fingerprint density at radius 1 is 1.25 bits per heavy atom. The second-order valence-electron chi connectivity index (χ2n) is 3.81. The van der Waals surface area contributed by atoms with Crippen LogP contribution in [0.15, 0.2) is 0 Å². The van der Waals surface area contributed by atoms with Crippen molar-refractivity contribution >= 4 is 21.6 Å². The van der Waals surface area contributed by atoms with Crippen molar-refractivity contribution in [2.24, 2.45) is 0 Å². The normalized spacial score (nSPS) is 17.7. The van der Waals surface area contributed by atoms with Gasteiger partial charge in [0, 0.05) is 32.1 Å². The second kappa shape index (κ2) is 9.22. The van der Waals surface area contributed by atoms with E-state index in [-0.39, 0.29) is 0 Å². The van der Waals surface area contributed by atoms with E-state index in [1.54, 1.807) is 0 Å². The van der Waals surface area contributed by atoms with E-state index in [1.165, 1.54) is 29.8 Å². The van der Waals surface area contributed by atoms with Gasteiger partial charge < -0.3 is 5.32 Å². The van der Waals surface area contributed by atoms with E-state index < -0.39 is 10.0 Å². The number of unbranched alkanes of at least 4 members (excludes halogenated alkanes) is 2. The van der Waals surface area contributed by atoms with Crippen molar-refractivity contribution in [1.82, 2.24) is 9.62 Å². The van der Waals surface area contributed by atoms with E-state index in [9.17, 15) is 8.42 Å². The highest BCUT2D eigenvalue weighted by molar-refractivity contribution is 7.88. The molecule has 0 spiro atoms. The number of nitrogens with zero attached hydrogens (tertiary/aromatic N) is 1. The molecule has 1 rings (SSSR count). The Morgan fingerprint density at radius 3 is 2.06 bits per heavy atom. The first-order chi connectivity index (χ1) is 7.52. The number of piperazine rings is 1. The van der Waals surface area contributed by atoms with Gasteiger partial charge in [0.2, 0.25) is 10.0 Å². The van der Waals surface area contributed by atoms with Crippen LogP contribution in [0.2, 0.25) is 0 Å². The van der Waals surface area contributed by atoms with Crippen LogP contribution in [-0.4, -0.2) is 51.0 Å². The minimum atomic E-state index is -2.93. The molecule has 0 radical (unpaired) electrons. The molecule has 1 saturated heterocycles. The Bertz CT molecular complexity index is 248. The molecule has 0 atom stereocenters. The van der Waals surface area contributed by atoms with Crippen molar-refractivity contribution in [1.29, 1.82) is 0 Å². The third-order valence-corrected chi connectivity index (χ3v) is 3.85. The van der Waals surface area contributed by atoms with Gasteiger partial charge in [0.15, 0.2) is 0 Å². The standard InChI is InChI=1S/C5H11Cl.C5H12N2O2S/c1-2-3-4-5-6;1-10(8,9)7-4-2-6-3-5-7/h2-5H2,1H3;6H,2-5H2,1H3. The second-order valence-corrected chi connectivity index (χ2v) is 6.17. The summed E-state index contributed by atoms with van der Waals surface area (Å²) in [6.45, 7) is 4.93. The van der Waals surface area contributed by atoms with Gasteiger partial charge in [-0.15, -0.1) is 11.6 Å². The summed E-state index contributed by atoms with van der Waals surface area (Å²) in [5, 5.41) is 3.08. The smallest absolute Gasteiger partial charge is 0.211 e. The molecule has 1 fully saturated rings. The fourth-order valence-electron chi connectivity index (χ4n) is 1.32. The third kappa shape index (κ3) is 8.33. The van der Waals surface area contributed by atoms with Gasteiger partial charge in [-0.1, -0.05) is 19.8 Å². The highest BCUT2D eigenvalue weighted by Gasteiger charge is 2.17. The van der Waals surface area contributed by atoms with E-state index >= 15 is 0 Å². The molecular formula is C10H23ClN2O2S. The summed E-state index contributed by atoms with van der Waals surface area (Å²) in [6, 6.07) is 0. The Balaban J connectivity index is 0.000000325. The summed E-state index contributed by atoms with van der Waals surface area (Å²) in [4.78, 5) is 0. The number of sulfonamides is 1. The fraction of sp³-hybridized carbons (Fsp3) is 1.00. The van der Waals surface area contributed by atoms with Gasteiger partial charge in [0.25, 0.3) is 0 Å². The maximum Gasteiger partial charge on any atom is 0.211 e. The van der Waals surface area contributed by atoms with E-state index in [2.05, 4.69) is 12.2 Å². The average Bonchev–Trinajstić information content (AvgIpc) is 2.27. The number of nitrogens with one attached hydrogen (secondary N) is 1. The first-order valence-corrected chi connectivity index (χ1v) is 8.12. The summed E-state index contributed by atoms with van der Waals surface area (Å²) in [5.74, 6) is 0.827. The highest BCUT2D eigenvalue weighted by Crippen LogP contribution is 1.98. The topological polar surface area (TPSA) is 49.4 Å².